The van der Waals surface area contributed by atoms with E-state index in [1.807, 2.05) is 30.3 Å². The summed E-state index contributed by atoms with van der Waals surface area (Å²) in [6.07, 6.45) is 2.76. The van der Waals surface area contributed by atoms with Crippen LogP contribution in [0.5, 0.6) is 5.75 Å². The molecule has 1 aliphatic rings. The van der Waals surface area contributed by atoms with E-state index >= 15 is 0 Å². The lowest BCUT2D eigenvalue weighted by Gasteiger charge is -2.31. The second-order valence-electron chi connectivity index (χ2n) is 7.55. The molecule has 2 heterocycles. The highest BCUT2D eigenvalue weighted by Gasteiger charge is 2.19. The van der Waals surface area contributed by atoms with Crippen LogP contribution in [0.15, 0.2) is 65.1 Å². The van der Waals surface area contributed by atoms with Gasteiger partial charge in [0.15, 0.2) is 0 Å². The van der Waals surface area contributed by atoms with E-state index in [1.165, 1.54) is 18.6 Å². The smallest absolute Gasteiger partial charge is 0.274 e. The summed E-state index contributed by atoms with van der Waals surface area (Å²) in [7, 11) is 0. The van der Waals surface area contributed by atoms with Crippen molar-refractivity contribution in [3.05, 3.63) is 72.0 Å². The van der Waals surface area contributed by atoms with Crippen LogP contribution in [0.4, 0.5) is 0 Å². The third-order valence-electron chi connectivity index (χ3n) is 5.28. The largest absolute Gasteiger partial charge is 0.492 e. The van der Waals surface area contributed by atoms with Crippen LogP contribution in [0.25, 0.3) is 16.5 Å². The van der Waals surface area contributed by atoms with Crippen molar-refractivity contribution in [3.8, 4) is 5.75 Å². The van der Waals surface area contributed by atoms with Crippen molar-refractivity contribution < 1.29 is 24.0 Å². The molecule has 3 aromatic rings. The summed E-state index contributed by atoms with van der Waals surface area (Å²) >= 11 is 0. The number of nitrogens with one attached hydrogen (secondary N) is 2. The highest BCUT2D eigenvalue weighted by atomic mass is 16.5. The molecule has 4 rings (SSSR count). The summed E-state index contributed by atoms with van der Waals surface area (Å²) in [5.74, 6) is 0.468. The lowest BCUT2D eigenvalue weighted by molar-refractivity contribution is -0.116. The highest BCUT2D eigenvalue weighted by Crippen LogP contribution is 2.26. The van der Waals surface area contributed by atoms with Gasteiger partial charge in [-0.05, 0) is 55.9 Å². The molecule has 32 heavy (non-hydrogen) atoms. The average molecular weight is 435 g/mol. The molecule has 8 heteroatoms. The average Bonchev–Trinajstić information content (AvgIpc) is 3.22. The molecule has 166 valence electrons. The van der Waals surface area contributed by atoms with Gasteiger partial charge in [-0.25, -0.2) is 5.48 Å². The molecule has 0 aliphatic carbocycles. The van der Waals surface area contributed by atoms with Crippen molar-refractivity contribution in [1.29, 1.82) is 0 Å². The van der Waals surface area contributed by atoms with E-state index in [0.717, 1.165) is 29.6 Å². The Labute approximate surface area is 185 Å². The Bertz CT molecular complexity index is 1080. The first-order valence-electron chi connectivity index (χ1n) is 10.5. The highest BCUT2D eigenvalue weighted by molar-refractivity contribution is 5.96. The molecule has 1 aromatic heterocycles. The number of para-hydroxylation sites is 1. The summed E-state index contributed by atoms with van der Waals surface area (Å²) in [5, 5.41) is 12.5. The molecule has 1 aliphatic heterocycles. The van der Waals surface area contributed by atoms with Crippen LogP contribution in [0, 0.1) is 0 Å². The Balaban J connectivity index is 1.33. The molecule has 0 atom stereocenters. The fourth-order valence-corrected chi connectivity index (χ4v) is 3.44. The van der Waals surface area contributed by atoms with Crippen LogP contribution < -0.4 is 15.5 Å². The molecule has 2 aromatic carbocycles. The van der Waals surface area contributed by atoms with Gasteiger partial charge < -0.3 is 14.5 Å². The van der Waals surface area contributed by atoms with Gasteiger partial charge >= 0.3 is 0 Å². The van der Waals surface area contributed by atoms with Gasteiger partial charge in [-0.2, -0.15) is 0 Å². The monoisotopic (exact) mass is 435 g/mol. The van der Waals surface area contributed by atoms with E-state index in [0.29, 0.717) is 30.2 Å². The Morgan fingerprint density at radius 2 is 1.91 bits per heavy atom. The minimum atomic E-state index is -0.589. The van der Waals surface area contributed by atoms with E-state index in [4.69, 9.17) is 14.4 Å². The zero-order valence-electron chi connectivity index (χ0n) is 17.5. The lowest BCUT2D eigenvalue weighted by atomic mass is 10.1. The van der Waals surface area contributed by atoms with Gasteiger partial charge in [0.25, 0.3) is 5.91 Å². The normalized spacial score (nSPS) is 14.1. The molecular weight excluding hydrogens is 410 g/mol. The second-order valence-corrected chi connectivity index (χ2v) is 7.55. The van der Waals surface area contributed by atoms with E-state index in [9.17, 15) is 9.59 Å². The van der Waals surface area contributed by atoms with Crippen molar-refractivity contribution in [2.24, 2.45) is 0 Å². The molecular formula is C24H25N3O5. The fraction of sp³-hybridized carbons (Fsp3) is 0.250. The number of ether oxygens (including phenoxy) is 1. The SMILES string of the molecule is O=C(/C=C(\CN1CCC1)c1cc2ccccc2o1)NCCOc1ccc(C(=O)NO)cc1. The molecule has 1 saturated heterocycles. The van der Waals surface area contributed by atoms with Crippen LogP contribution in [-0.4, -0.2) is 54.7 Å². The molecule has 0 spiro atoms. The van der Waals surface area contributed by atoms with E-state index < -0.39 is 5.91 Å². The van der Waals surface area contributed by atoms with E-state index in [2.05, 4.69) is 10.2 Å². The number of carbonyl (C=O) groups excluding carboxylic acids is 2. The maximum Gasteiger partial charge on any atom is 0.274 e. The van der Waals surface area contributed by atoms with Crippen molar-refractivity contribution in [2.45, 2.75) is 6.42 Å². The van der Waals surface area contributed by atoms with Crippen LogP contribution >= 0.6 is 0 Å². The maximum absolute atomic E-state index is 12.5. The molecule has 0 unspecified atom stereocenters. The Morgan fingerprint density at radius 3 is 2.59 bits per heavy atom. The van der Waals surface area contributed by atoms with Gasteiger partial charge in [-0.1, -0.05) is 18.2 Å². The number of furan rings is 1. The number of rotatable bonds is 9. The Kier molecular flexibility index (Phi) is 6.84. The number of hydrogen-bond acceptors (Lipinski definition) is 6. The zero-order chi connectivity index (χ0) is 22.3. The summed E-state index contributed by atoms with van der Waals surface area (Å²) in [5.41, 5.74) is 3.54. The Hall–Kier alpha value is -3.62. The third-order valence-corrected chi connectivity index (χ3v) is 5.28. The molecule has 8 nitrogen and oxygen atoms in total. The van der Waals surface area contributed by atoms with Crippen molar-refractivity contribution in [3.63, 3.8) is 0 Å². The van der Waals surface area contributed by atoms with Gasteiger partial charge in [0.05, 0.1) is 6.54 Å². The number of hydrogen-bond donors (Lipinski definition) is 3. The van der Waals surface area contributed by atoms with Crippen molar-refractivity contribution in [1.82, 2.24) is 15.7 Å². The molecule has 1 fully saturated rings. The lowest BCUT2D eigenvalue weighted by Crippen LogP contribution is -2.38. The predicted molar refractivity (Wildman–Crippen MR) is 119 cm³/mol. The predicted octanol–water partition coefficient (Wildman–Crippen LogP) is 2.84. The minimum Gasteiger partial charge on any atom is -0.492 e. The van der Waals surface area contributed by atoms with Crippen molar-refractivity contribution in [2.75, 3.05) is 32.8 Å². The summed E-state index contributed by atoms with van der Waals surface area (Å²) in [6.45, 7) is 3.30. The molecule has 3 N–H and O–H groups in total. The van der Waals surface area contributed by atoms with Gasteiger partial charge in [0.2, 0.25) is 5.91 Å². The molecule has 0 bridgehead atoms. The number of fused-ring (bicyclic) bond motifs is 1. The quantitative estimate of drug-likeness (QED) is 0.207. The molecule has 2 amide bonds. The van der Waals surface area contributed by atoms with Gasteiger partial charge in [-0.15, -0.1) is 0 Å². The number of amides is 2. The number of nitrogens with zero attached hydrogens (tertiary/aromatic N) is 1. The van der Waals surface area contributed by atoms with E-state index in [-0.39, 0.29) is 12.5 Å². The Morgan fingerprint density at radius 1 is 1.12 bits per heavy atom. The number of carbonyl (C=O) groups is 2. The van der Waals surface area contributed by atoms with Crippen LogP contribution in [0.2, 0.25) is 0 Å². The summed E-state index contributed by atoms with van der Waals surface area (Å²) < 4.78 is 11.6. The molecule has 0 radical (unpaired) electrons. The second kappa shape index (κ2) is 10.1. The first-order valence-corrected chi connectivity index (χ1v) is 10.5. The van der Waals surface area contributed by atoms with Crippen LogP contribution in [0.1, 0.15) is 22.5 Å². The topological polar surface area (TPSA) is 104 Å². The van der Waals surface area contributed by atoms with Gasteiger partial charge in [0.1, 0.15) is 23.7 Å². The van der Waals surface area contributed by atoms with Crippen LogP contribution in [0.3, 0.4) is 0 Å². The summed E-state index contributed by atoms with van der Waals surface area (Å²) in [4.78, 5) is 26.1. The van der Waals surface area contributed by atoms with Gasteiger partial charge in [-0.3, -0.25) is 19.7 Å². The minimum absolute atomic E-state index is 0.209. The number of hydroxylamine groups is 1. The maximum atomic E-state index is 12.5. The van der Waals surface area contributed by atoms with Gasteiger partial charge in [0, 0.05) is 29.1 Å². The first-order chi connectivity index (χ1) is 15.6. The molecule has 0 saturated carbocycles. The third kappa shape index (κ3) is 5.35. The number of likely N-dealkylation sites (tertiary alicyclic amines) is 1. The number of benzene rings is 2. The van der Waals surface area contributed by atoms with E-state index in [1.54, 1.807) is 23.7 Å². The summed E-state index contributed by atoms with van der Waals surface area (Å²) in [6, 6.07) is 16.1. The standard InChI is InChI=1S/C24H25N3O5/c28-23(25-10-13-31-20-8-6-17(7-9-20)24(29)26-30)15-19(16-27-11-3-12-27)22-14-18-4-1-2-5-21(18)32-22/h1-2,4-9,14-15,30H,3,10-13,16H2,(H,25,28)(H,26,29)/b19-15+. The fourth-order valence-electron chi connectivity index (χ4n) is 3.44. The first kappa shape index (κ1) is 21.6. The zero-order valence-corrected chi connectivity index (χ0v) is 17.5. The van der Waals surface area contributed by atoms with Crippen LogP contribution in [-0.2, 0) is 4.79 Å². The van der Waals surface area contributed by atoms with Crippen molar-refractivity contribution >= 4 is 28.4 Å².